The van der Waals surface area contributed by atoms with Gasteiger partial charge in [0.05, 0.1) is 4.90 Å². The molecule has 1 aliphatic rings. The van der Waals surface area contributed by atoms with Crippen LogP contribution in [-0.4, -0.2) is 20.9 Å². The molecule has 0 aliphatic carbocycles. The number of benzene rings is 2. The average molecular weight is 365 g/mol. The van der Waals surface area contributed by atoms with Gasteiger partial charge < -0.3 is 4.90 Å². The van der Waals surface area contributed by atoms with Gasteiger partial charge in [-0.1, -0.05) is 17.7 Å². The lowest BCUT2D eigenvalue weighted by molar-refractivity contribution is -0.118. The fourth-order valence-corrected chi connectivity index (χ4v) is 4.17. The zero-order valence-corrected chi connectivity index (χ0v) is 14.7. The third-order valence-corrected chi connectivity index (χ3v) is 5.57. The number of fused-ring (bicyclic) bond motifs is 1. The van der Waals surface area contributed by atoms with Crippen LogP contribution in [0, 0.1) is 0 Å². The molecule has 0 unspecified atom stereocenters. The van der Waals surface area contributed by atoms with Crippen molar-refractivity contribution in [1.29, 1.82) is 0 Å². The minimum atomic E-state index is -3.71. The normalized spacial score (nSPS) is 14.4. The first kappa shape index (κ1) is 16.8. The summed E-state index contributed by atoms with van der Waals surface area (Å²) in [5, 5.41) is 0.361. The van der Waals surface area contributed by atoms with E-state index in [2.05, 4.69) is 4.72 Å². The number of anilines is 2. The topological polar surface area (TPSA) is 66.5 Å². The highest BCUT2D eigenvalue weighted by atomic mass is 35.5. The Morgan fingerprint density at radius 2 is 1.96 bits per heavy atom. The molecule has 0 atom stereocenters. The predicted molar refractivity (Wildman–Crippen MR) is 95.1 cm³/mol. The van der Waals surface area contributed by atoms with Gasteiger partial charge in [0, 0.05) is 29.4 Å². The van der Waals surface area contributed by atoms with Crippen LogP contribution in [-0.2, 0) is 21.2 Å². The van der Waals surface area contributed by atoms with E-state index in [-0.39, 0.29) is 10.8 Å². The van der Waals surface area contributed by atoms with Gasteiger partial charge in [0.25, 0.3) is 10.0 Å². The van der Waals surface area contributed by atoms with E-state index >= 15 is 0 Å². The fraction of sp³-hybridized carbons (Fsp3) is 0.235. The number of carbonyl (C=O) groups excluding carboxylic acids is 1. The van der Waals surface area contributed by atoms with Gasteiger partial charge >= 0.3 is 0 Å². The van der Waals surface area contributed by atoms with E-state index in [0.29, 0.717) is 30.1 Å². The number of rotatable bonds is 4. The Balaban J connectivity index is 1.90. The Morgan fingerprint density at radius 1 is 1.17 bits per heavy atom. The van der Waals surface area contributed by atoms with E-state index in [4.69, 9.17) is 11.6 Å². The minimum Gasteiger partial charge on any atom is -0.312 e. The lowest BCUT2D eigenvalue weighted by Gasteiger charge is -2.28. The SMILES string of the molecule is CCN1C(=O)CCc2cc(NS(=O)(=O)c3cccc(Cl)c3)ccc21. The van der Waals surface area contributed by atoms with Crippen LogP contribution in [0.3, 0.4) is 0 Å². The van der Waals surface area contributed by atoms with Gasteiger partial charge in [-0.25, -0.2) is 8.42 Å². The molecule has 1 N–H and O–H groups in total. The number of hydrogen-bond acceptors (Lipinski definition) is 3. The maximum atomic E-state index is 12.5. The third kappa shape index (κ3) is 3.25. The number of halogens is 1. The summed E-state index contributed by atoms with van der Waals surface area (Å²) in [6.07, 6.45) is 1.04. The molecule has 0 spiro atoms. The molecular weight excluding hydrogens is 348 g/mol. The molecule has 5 nitrogen and oxygen atoms in total. The summed E-state index contributed by atoms with van der Waals surface area (Å²) in [7, 11) is -3.71. The van der Waals surface area contributed by atoms with Gasteiger partial charge in [0.15, 0.2) is 0 Å². The molecule has 0 saturated heterocycles. The number of nitrogens with zero attached hydrogens (tertiary/aromatic N) is 1. The molecular formula is C17H17ClN2O3S. The second kappa shape index (κ2) is 6.45. The highest BCUT2D eigenvalue weighted by Gasteiger charge is 2.23. The molecule has 0 aromatic heterocycles. The molecule has 3 rings (SSSR count). The summed E-state index contributed by atoms with van der Waals surface area (Å²) in [5.41, 5.74) is 2.28. The van der Waals surface area contributed by atoms with E-state index in [1.54, 1.807) is 35.2 Å². The quantitative estimate of drug-likeness (QED) is 0.903. The van der Waals surface area contributed by atoms with Crippen LogP contribution >= 0.6 is 11.6 Å². The largest absolute Gasteiger partial charge is 0.312 e. The Morgan fingerprint density at radius 3 is 2.67 bits per heavy atom. The van der Waals surface area contributed by atoms with Crippen molar-refractivity contribution in [1.82, 2.24) is 0 Å². The number of sulfonamides is 1. The lowest BCUT2D eigenvalue weighted by Crippen LogP contribution is -2.34. The second-order valence-corrected chi connectivity index (χ2v) is 7.66. The van der Waals surface area contributed by atoms with Crippen LogP contribution in [0.1, 0.15) is 18.9 Å². The number of carbonyl (C=O) groups is 1. The number of aryl methyl sites for hydroxylation is 1. The van der Waals surface area contributed by atoms with Gasteiger partial charge in [-0.05, 0) is 55.3 Å². The maximum absolute atomic E-state index is 12.5. The Labute approximate surface area is 146 Å². The molecule has 2 aromatic carbocycles. The van der Waals surface area contributed by atoms with Gasteiger partial charge in [-0.3, -0.25) is 9.52 Å². The van der Waals surface area contributed by atoms with Crippen molar-refractivity contribution in [2.75, 3.05) is 16.2 Å². The van der Waals surface area contributed by atoms with Crippen molar-refractivity contribution in [3.05, 3.63) is 53.1 Å². The van der Waals surface area contributed by atoms with Gasteiger partial charge in [0.1, 0.15) is 0 Å². The Kier molecular flexibility index (Phi) is 4.51. The minimum absolute atomic E-state index is 0.0947. The summed E-state index contributed by atoms with van der Waals surface area (Å²) in [4.78, 5) is 13.7. The van der Waals surface area contributed by atoms with Crippen LogP contribution in [0.2, 0.25) is 5.02 Å². The Bertz CT molecular complexity index is 896. The van der Waals surface area contributed by atoms with E-state index < -0.39 is 10.0 Å². The molecule has 0 bridgehead atoms. The molecule has 2 aromatic rings. The van der Waals surface area contributed by atoms with Crippen molar-refractivity contribution in [3.63, 3.8) is 0 Å². The number of amides is 1. The van der Waals surface area contributed by atoms with E-state index in [1.165, 1.54) is 12.1 Å². The standard InChI is InChI=1S/C17H17ClN2O3S/c1-2-20-16-8-7-14(10-12(16)6-9-17(20)21)19-24(22,23)15-5-3-4-13(18)11-15/h3-5,7-8,10-11,19H,2,6,9H2,1H3. The summed E-state index contributed by atoms with van der Waals surface area (Å²) in [6.45, 7) is 2.52. The van der Waals surface area contributed by atoms with Crippen LogP contribution in [0.25, 0.3) is 0 Å². The van der Waals surface area contributed by atoms with Crippen molar-refractivity contribution in [3.8, 4) is 0 Å². The van der Waals surface area contributed by atoms with Gasteiger partial charge in [0.2, 0.25) is 5.91 Å². The van der Waals surface area contributed by atoms with E-state index in [9.17, 15) is 13.2 Å². The molecule has 1 heterocycles. The summed E-state index contributed by atoms with van der Waals surface area (Å²) in [6, 6.07) is 11.3. The van der Waals surface area contributed by atoms with Crippen molar-refractivity contribution in [2.24, 2.45) is 0 Å². The van der Waals surface area contributed by atoms with Crippen LogP contribution in [0.15, 0.2) is 47.4 Å². The molecule has 0 saturated carbocycles. The average Bonchev–Trinajstić information content (AvgIpc) is 2.54. The maximum Gasteiger partial charge on any atom is 0.261 e. The second-order valence-electron chi connectivity index (χ2n) is 5.54. The smallest absolute Gasteiger partial charge is 0.261 e. The highest BCUT2D eigenvalue weighted by Crippen LogP contribution is 2.31. The molecule has 7 heteroatoms. The highest BCUT2D eigenvalue weighted by molar-refractivity contribution is 7.92. The van der Waals surface area contributed by atoms with E-state index in [0.717, 1.165) is 11.3 Å². The first-order valence-corrected chi connectivity index (χ1v) is 9.48. The molecule has 0 fully saturated rings. The molecule has 0 radical (unpaired) electrons. The van der Waals surface area contributed by atoms with Crippen LogP contribution in [0.5, 0.6) is 0 Å². The van der Waals surface area contributed by atoms with Crippen molar-refractivity contribution >= 4 is 38.9 Å². The fourth-order valence-electron chi connectivity index (χ4n) is 2.82. The monoisotopic (exact) mass is 364 g/mol. The van der Waals surface area contributed by atoms with Crippen LogP contribution in [0.4, 0.5) is 11.4 Å². The Hall–Kier alpha value is -2.05. The van der Waals surface area contributed by atoms with Gasteiger partial charge in [-0.2, -0.15) is 0 Å². The lowest BCUT2D eigenvalue weighted by atomic mass is 10.0. The zero-order chi connectivity index (χ0) is 17.3. The van der Waals surface area contributed by atoms with Crippen LogP contribution < -0.4 is 9.62 Å². The predicted octanol–water partition coefficient (Wildman–Crippen LogP) is 3.44. The zero-order valence-electron chi connectivity index (χ0n) is 13.1. The van der Waals surface area contributed by atoms with Gasteiger partial charge in [-0.15, -0.1) is 0 Å². The first-order chi connectivity index (χ1) is 11.4. The number of nitrogens with one attached hydrogen (secondary N) is 1. The summed E-state index contributed by atoms with van der Waals surface area (Å²) >= 11 is 5.86. The van der Waals surface area contributed by atoms with E-state index in [1.807, 2.05) is 6.92 Å². The van der Waals surface area contributed by atoms with Crippen molar-refractivity contribution < 1.29 is 13.2 Å². The molecule has 24 heavy (non-hydrogen) atoms. The molecule has 126 valence electrons. The number of hydrogen-bond donors (Lipinski definition) is 1. The molecule has 1 aliphatic heterocycles. The third-order valence-electron chi connectivity index (χ3n) is 3.95. The van der Waals surface area contributed by atoms with Crippen molar-refractivity contribution in [2.45, 2.75) is 24.7 Å². The summed E-state index contributed by atoms with van der Waals surface area (Å²) < 4.78 is 27.5. The molecule has 1 amide bonds. The summed E-state index contributed by atoms with van der Waals surface area (Å²) in [5.74, 6) is 0.0947. The first-order valence-electron chi connectivity index (χ1n) is 7.62.